The van der Waals surface area contributed by atoms with Crippen LogP contribution in [0.3, 0.4) is 0 Å². The first-order valence-electron chi connectivity index (χ1n) is 4.40. The van der Waals surface area contributed by atoms with Crippen LogP contribution in [0.25, 0.3) is 0 Å². The van der Waals surface area contributed by atoms with Crippen LogP contribution in [-0.4, -0.2) is 33.2 Å². The fraction of sp³-hybridized carbons (Fsp3) is 0.625. The second-order valence-electron chi connectivity index (χ2n) is 2.96. The molecule has 5 nitrogen and oxygen atoms in total. The van der Waals surface area contributed by atoms with E-state index >= 15 is 0 Å². The summed E-state index contributed by atoms with van der Waals surface area (Å²) in [5, 5.41) is 15.6. The van der Waals surface area contributed by atoms with Crippen LogP contribution in [0, 0.1) is 6.92 Å². The van der Waals surface area contributed by atoms with E-state index in [1.807, 2.05) is 6.92 Å². The Morgan fingerprint density at radius 3 is 2.93 bits per heavy atom. The van der Waals surface area contributed by atoms with Crippen molar-refractivity contribution in [2.75, 3.05) is 6.54 Å². The predicted octanol–water partition coefficient (Wildman–Crippen LogP) is 0.347. The number of amides is 1. The second kappa shape index (κ2) is 5.02. The predicted molar refractivity (Wildman–Crippen MR) is 53.3 cm³/mol. The van der Waals surface area contributed by atoms with E-state index in [9.17, 15) is 9.90 Å². The van der Waals surface area contributed by atoms with Crippen molar-refractivity contribution in [2.45, 2.75) is 26.4 Å². The molecule has 1 atom stereocenters. The molecule has 0 aliphatic heterocycles. The van der Waals surface area contributed by atoms with E-state index < -0.39 is 6.10 Å². The molecular formula is C8H13N3O2S. The fourth-order valence-corrected chi connectivity index (χ4v) is 1.45. The maximum Gasteiger partial charge on any atom is 0.265 e. The molecule has 0 aliphatic carbocycles. The van der Waals surface area contributed by atoms with Crippen molar-refractivity contribution in [1.29, 1.82) is 0 Å². The summed E-state index contributed by atoms with van der Waals surface area (Å²) in [4.78, 5) is 12.0. The van der Waals surface area contributed by atoms with Crippen LogP contribution in [0.1, 0.15) is 28.7 Å². The number of nitrogens with zero attached hydrogens (tertiary/aromatic N) is 2. The van der Waals surface area contributed by atoms with Gasteiger partial charge in [-0.25, -0.2) is 0 Å². The lowest BCUT2D eigenvalue weighted by molar-refractivity contribution is 0.0917. The molecule has 0 bridgehead atoms. The molecule has 0 aliphatic rings. The third-order valence-electron chi connectivity index (χ3n) is 1.83. The van der Waals surface area contributed by atoms with Crippen LogP contribution in [0.5, 0.6) is 0 Å². The summed E-state index contributed by atoms with van der Waals surface area (Å²) >= 11 is 1.06. The lowest BCUT2D eigenvalue weighted by Crippen LogP contribution is -2.31. The Hall–Kier alpha value is -1.01. The van der Waals surface area contributed by atoms with Crippen molar-refractivity contribution >= 4 is 17.4 Å². The number of carbonyl (C=O) groups is 1. The molecule has 6 heteroatoms. The van der Waals surface area contributed by atoms with Crippen molar-refractivity contribution in [3.63, 3.8) is 0 Å². The smallest absolute Gasteiger partial charge is 0.265 e. The third kappa shape index (κ3) is 2.74. The summed E-state index contributed by atoms with van der Waals surface area (Å²) in [5.41, 5.74) is 0.624. The standard InChI is InChI=1S/C8H13N3O2S/c1-3-6(12)4-9-8(13)7-5(2)10-11-14-7/h6,12H,3-4H2,1-2H3,(H,9,13). The van der Waals surface area contributed by atoms with Gasteiger partial charge in [0.15, 0.2) is 0 Å². The maximum absolute atomic E-state index is 11.5. The number of aromatic nitrogens is 2. The quantitative estimate of drug-likeness (QED) is 0.759. The number of hydrogen-bond donors (Lipinski definition) is 2. The number of carbonyl (C=O) groups excluding carboxylic acids is 1. The summed E-state index contributed by atoms with van der Waals surface area (Å²) in [7, 11) is 0. The molecule has 0 spiro atoms. The van der Waals surface area contributed by atoms with Gasteiger partial charge in [-0.05, 0) is 24.9 Å². The molecule has 1 heterocycles. The van der Waals surface area contributed by atoms with Gasteiger partial charge >= 0.3 is 0 Å². The van der Waals surface area contributed by atoms with E-state index in [2.05, 4.69) is 14.9 Å². The molecule has 0 saturated carbocycles. The van der Waals surface area contributed by atoms with Crippen molar-refractivity contribution in [2.24, 2.45) is 0 Å². The Balaban J connectivity index is 2.47. The molecule has 1 aromatic rings. The summed E-state index contributed by atoms with van der Waals surface area (Å²) in [6.07, 6.45) is 0.139. The Kier molecular flexibility index (Phi) is 3.97. The van der Waals surface area contributed by atoms with Crippen molar-refractivity contribution < 1.29 is 9.90 Å². The van der Waals surface area contributed by atoms with E-state index in [1.54, 1.807) is 6.92 Å². The molecule has 1 aromatic heterocycles. The van der Waals surface area contributed by atoms with Gasteiger partial charge < -0.3 is 10.4 Å². The molecule has 14 heavy (non-hydrogen) atoms. The molecule has 0 fully saturated rings. The maximum atomic E-state index is 11.5. The lowest BCUT2D eigenvalue weighted by Gasteiger charge is -2.08. The van der Waals surface area contributed by atoms with Crippen molar-refractivity contribution in [1.82, 2.24) is 14.9 Å². The first-order valence-corrected chi connectivity index (χ1v) is 5.17. The third-order valence-corrected chi connectivity index (χ3v) is 2.65. The first-order chi connectivity index (χ1) is 6.65. The van der Waals surface area contributed by atoms with Gasteiger partial charge in [0, 0.05) is 6.54 Å². The highest BCUT2D eigenvalue weighted by Crippen LogP contribution is 2.08. The SMILES string of the molecule is CCC(O)CNC(=O)c1snnc1C. The number of aryl methyl sites for hydroxylation is 1. The van der Waals surface area contributed by atoms with Gasteiger partial charge in [-0.15, -0.1) is 5.10 Å². The van der Waals surface area contributed by atoms with Gasteiger partial charge in [0.25, 0.3) is 5.91 Å². The zero-order chi connectivity index (χ0) is 10.6. The van der Waals surface area contributed by atoms with Crippen LogP contribution < -0.4 is 5.32 Å². The molecule has 1 unspecified atom stereocenters. The van der Waals surface area contributed by atoms with E-state index in [0.29, 0.717) is 17.0 Å². The molecule has 0 aromatic carbocycles. The summed E-state index contributed by atoms with van der Waals surface area (Å²) in [6, 6.07) is 0. The zero-order valence-electron chi connectivity index (χ0n) is 8.15. The Morgan fingerprint density at radius 2 is 2.43 bits per heavy atom. The van der Waals surface area contributed by atoms with Gasteiger partial charge in [0.05, 0.1) is 11.8 Å². The molecule has 0 radical (unpaired) electrons. The monoisotopic (exact) mass is 215 g/mol. The minimum Gasteiger partial charge on any atom is -0.391 e. The number of aliphatic hydroxyl groups excluding tert-OH is 1. The lowest BCUT2D eigenvalue weighted by atomic mass is 10.3. The van der Waals surface area contributed by atoms with Crippen LogP contribution in [-0.2, 0) is 0 Å². The van der Waals surface area contributed by atoms with Crippen LogP contribution >= 0.6 is 11.5 Å². The van der Waals surface area contributed by atoms with E-state index in [4.69, 9.17) is 0 Å². The van der Waals surface area contributed by atoms with Crippen LogP contribution in [0.15, 0.2) is 0 Å². The minimum absolute atomic E-state index is 0.218. The van der Waals surface area contributed by atoms with E-state index in [0.717, 1.165) is 11.5 Å². The summed E-state index contributed by atoms with van der Waals surface area (Å²) in [5.74, 6) is -0.218. The Bertz CT molecular complexity index is 313. The second-order valence-corrected chi connectivity index (χ2v) is 3.71. The normalized spacial score (nSPS) is 12.5. The number of aliphatic hydroxyl groups is 1. The highest BCUT2D eigenvalue weighted by molar-refractivity contribution is 7.07. The largest absolute Gasteiger partial charge is 0.391 e. The van der Waals surface area contributed by atoms with Gasteiger partial charge in [0.1, 0.15) is 4.88 Å². The highest BCUT2D eigenvalue weighted by Gasteiger charge is 2.13. The Morgan fingerprint density at radius 1 is 1.71 bits per heavy atom. The van der Waals surface area contributed by atoms with Crippen LogP contribution in [0.2, 0.25) is 0 Å². The van der Waals surface area contributed by atoms with Gasteiger partial charge in [-0.3, -0.25) is 4.79 Å². The molecule has 2 N–H and O–H groups in total. The first kappa shape index (κ1) is 11.1. The molecular weight excluding hydrogens is 202 g/mol. The highest BCUT2D eigenvalue weighted by atomic mass is 32.1. The number of nitrogens with one attached hydrogen (secondary N) is 1. The van der Waals surface area contributed by atoms with Crippen molar-refractivity contribution in [3.05, 3.63) is 10.6 Å². The minimum atomic E-state index is -0.486. The number of rotatable bonds is 4. The zero-order valence-corrected chi connectivity index (χ0v) is 8.97. The number of hydrogen-bond acceptors (Lipinski definition) is 5. The van der Waals surface area contributed by atoms with Gasteiger partial charge in [-0.2, -0.15) is 0 Å². The van der Waals surface area contributed by atoms with E-state index in [-0.39, 0.29) is 12.5 Å². The average Bonchev–Trinajstić information content (AvgIpc) is 2.60. The Labute approximate surface area is 86.3 Å². The van der Waals surface area contributed by atoms with Crippen LogP contribution in [0.4, 0.5) is 0 Å². The summed E-state index contributed by atoms with van der Waals surface area (Å²) in [6.45, 7) is 3.86. The van der Waals surface area contributed by atoms with Crippen molar-refractivity contribution in [3.8, 4) is 0 Å². The molecule has 1 rings (SSSR count). The topological polar surface area (TPSA) is 75.1 Å². The molecule has 78 valence electrons. The molecule has 0 saturated heterocycles. The molecule has 1 amide bonds. The fourth-order valence-electron chi connectivity index (χ4n) is 0.875. The average molecular weight is 215 g/mol. The van der Waals surface area contributed by atoms with Gasteiger partial charge in [-0.1, -0.05) is 11.4 Å². The van der Waals surface area contributed by atoms with E-state index in [1.165, 1.54) is 0 Å². The summed E-state index contributed by atoms with van der Waals surface area (Å²) < 4.78 is 3.66. The van der Waals surface area contributed by atoms with Gasteiger partial charge in [0.2, 0.25) is 0 Å².